The van der Waals surface area contributed by atoms with Gasteiger partial charge in [-0.05, 0) is 30.7 Å². The summed E-state index contributed by atoms with van der Waals surface area (Å²) in [6.07, 6.45) is 3.73. The van der Waals surface area contributed by atoms with Crippen molar-refractivity contribution in [1.82, 2.24) is 19.7 Å². The molecule has 2 aromatic heterocycles. The van der Waals surface area contributed by atoms with Crippen LogP contribution in [0, 0.1) is 6.92 Å². The quantitative estimate of drug-likeness (QED) is 0.799. The number of nitrogens with two attached hydrogens (primary N) is 1. The molecule has 3 rings (SSSR count). The van der Waals surface area contributed by atoms with Crippen LogP contribution in [0.5, 0.6) is 5.75 Å². The predicted molar refractivity (Wildman–Crippen MR) is 84.5 cm³/mol. The van der Waals surface area contributed by atoms with Crippen molar-refractivity contribution in [2.24, 2.45) is 0 Å². The molecule has 2 heterocycles. The van der Waals surface area contributed by atoms with E-state index < -0.39 is 0 Å². The molecule has 22 heavy (non-hydrogen) atoms. The van der Waals surface area contributed by atoms with Gasteiger partial charge in [0.2, 0.25) is 5.95 Å². The van der Waals surface area contributed by atoms with Crippen molar-refractivity contribution in [2.75, 3.05) is 12.8 Å². The third-order valence-electron chi connectivity index (χ3n) is 3.30. The summed E-state index contributed by atoms with van der Waals surface area (Å²) in [5.41, 5.74) is 9.38. The van der Waals surface area contributed by atoms with E-state index in [4.69, 9.17) is 10.5 Å². The van der Waals surface area contributed by atoms with Gasteiger partial charge in [-0.25, -0.2) is 9.97 Å². The van der Waals surface area contributed by atoms with Crippen molar-refractivity contribution < 1.29 is 4.74 Å². The number of anilines is 1. The number of rotatable bonds is 4. The minimum Gasteiger partial charge on any atom is -0.497 e. The summed E-state index contributed by atoms with van der Waals surface area (Å²) in [5, 5.41) is 4.37. The van der Waals surface area contributed by atoms with Crippen molar-refractivity contribution >= 4 is 5.95 Å². The fraction of sp³-hybridized carbons (Fsp3) is 0.188. The summed E-state index contributed by atoms with van der Waals surface area (Å²) in [4.78, 5) is 8.32. The molecule has 0 saturated heterocycles. The average Bonchev–Trinajstić information content (AvgIpc) is 2.96. The van der Waals surface area contributed by atoms with E-state index in [-0.39, 0.29) is 5.95 Å². The summed E-state index contributed by atoms with van der Waals surface area (Å²) in [6, 6.07) is 9.81. The maximum Gasteiger partial charge on any atom is 0.220 e. The highest BCUT2D eigenvalue weighted by Gasteiger charge is 2.06. The number of hydrogen-bond acceptors (Lipinski definition) is 5. The van der Waals surface area contributed by atoms with Crippen LogP contribution in [0.25, 0.3) is 11.3 Å². The molecule has 3 aromatic rings. The first-order valence-electron chi connectivity index (χ1n) is 6.91. The van der Waals surface area contributed by atoms with E-state index in [1.54, 1.807) is 13.3 Å². The van der Waals surface area contributed by atoms with Crippen LogP contribution in [0.1, 0.15) is 11.3 Å². The Kier molecular flexibility index (Phi) is 3.74. The topological polar surface area (TPSA) is 78.9 Å². The van der Waals surface area contributed by atoms with Gasteiger partial charge in [-0.3, -0.25) is 4.68 Å². The Morgan fingerprint density at radius 2 is 1.95 bits per heavy atom. The lowest BCUT2D eigenvalue weighted by Crippen LogP contribution is -2.00. The lowest BCUT2D eigenvalue weighted by Gasteiger charge is -2.04. The second kappa shape index (κ2) is 5.85. The molecular formula is C16H17N5O. The van der Waals surface area contributed by atoms with Crippen LogP contribution in [0.3, 0.4) is 0 Å². The molecule has 6 nitrogen and oxygen atoms in total. The van der Waals surface area contributed by atoms with Crippen LogP contribution in [-0.4, -0.2) is 26.9 Å². The monoisotopic (exact) mass is 295 g/mol. The minimum absolute atomic E-state index is 0.276. The van der Waals surface area contributed by atoms with E-state index in [2.05, 4.69) is 15.1 Å². The molecule has 0 aliphatic heterocycles. The molecule has 0 amide bonds. The number of hydrogen-bond donors (Lipinski definition) is 1. The number of benzene rings is 1. The number of aromatic nitrogens is 4. The Morgan fingerprint density at radius 1 is 1.18 bits per heavy atom. The van der Waals surface area contributed by atoms with E-state index in [9.17, 15) is 0 Å². The summed E-state index contributed by atoms with van der Waals surface area (Å²) < 4.78 is 7.02. The van der Waals surface area contributed by atoms with E-state index in [0.29, 0.717) is 6.54 Å². The third-order valence-corrected chi connectivity index (χ3v) is 3.30. The van der Waals surface area contributed by atoms with E-state index >= 15 is 0 Å². The van der Waals surface area contributed by atoms with Crippen molar-refractivity contribution in [1.29, 1.82) is 0 Å². The molecule has 0 bridgehead atoms. The molecule has 0 fully saturated rings. The Balaban J connectivity index is 1.80. The minimum atomic E-state index is 0.276. The van der Waals surface area contributed by atoms with Gasteiger partial charge in [-0.15, -0.1) is 0 Å². The molecule has 0 spiro atoms. The lowest BCUT2D eigenvalue weighted by molar-refractivity contribution is 0.414. The molecule has 0 atom stereocenters. The standard InChI is InChI=1S/C16H17N5O/c1-11-7-15(20-16(17)19-11)13-8-18-21(10-13)9-12-3-5-14(22-2)6-4-12/h3-8,10H,9H2,1-2H3,(H2,17,19,20). The highest BCUT2D eigenvalue weighted by molar-refractivity contribution is 5.58. The third kappa shape index (κ3) is 3.06. The Bertz CT molecular complexity index is 759. The fourth-order valence-corrected chi connectivity index (χ4v) is 2.24. The van der Waals surface area contributed by atoms with Crippen LogP contribution in [0.15, 0.2) is 42.7 Å². The van der Waals surface area contributed by atoms with E-state index in [1.807, 2.05) is 48.1 Å². The Hall–Kier alpha value is -2.89. The van der Waals surface area contributed by atoms with Crippen molar-refractivity contribution in [3.05, 3.63) is 54.0 Å². The summed E-state index contributed by atoms with van der Waals surface area (Å²) >= 11 is 0. The van der Waals surface area contributed by atoms with E-state index in [1.165, 1.54) is 0 Å². The molecule has 112 valence electrons. The van der Waals surface area contributed by atoms with Gasteiger partial charge >= 0.3 is 0 Å². The molecule has 0 radical (unpaired) electrons. The summed E-state index contributed by atoms with van der Waals surface area (Å²) in [7, 11) is 1.66. The number of nitrogens with zero attached hydrogens (tertiary/aromatic N) is 4. The van der Waals surface area contributed by atoms with Gasteiger partial charge in [0.25, 0.3) is 0 Å². The maximum atomic E-state index is 5.69. The van der Waals surface area contributed by atoms with Gasteiger partial charge in [-0.1, -0.05) is 12.1 Å². The summed E-state index contributed by atoms with van der Waals surface area (Å²) in [6.45, 7) is 2.58. The van der Waals surface area contributed by atoms with Crippen LogP contribution in [0.2, 0.25) is 0 Å². The average molecular weight is 295 g/mol. The smallest absolute Gasteiger partial charge is 0.220 e. The Labute approximate surface area is 128 Å². The zero-order chi connectivity index (χ0) is 15.5. The largest absolute Gasteiger partial charge is 0.497 e. The zero-order valence-electron chi connectivity index (χ0n) is 12.5. The first-order valence-corrected chi connectivity index (χ1v) is 6.91. The highest BCUT2D eigenvalue weighted by Crippen LogP contribution is 2.18. The molecule has 0 unspecified atom stereocenters. The van der Waals surface area contributed by atoms with Crippen LogP contribution >= 0.6 is 0 Å². The number of nitrogen functional groups attached to an aromatic ring is 1. The van der Waals surface area contributed by atoms with Crippen molar-refractivity contribution in [3.63, 3.8) is 0 Å². The molecule has 0 saturated carbocycles. The number of methoxy groups -OCH3 is 1. The Morgan fingerprint density at radius 3 is 2.64 bits per heavy atom. The van der Waals surface area contributed by atoms with Gasteiger partial charge in [0.1, 0.15) is 5.75 Å². The lowest BCUT2D eigenvalue weighted by atomic mass is 10.2. The van der Waals surface area contributed by atoms with Crippen LogP contribution in [0.4, 0.5) is 5.95 Å². The fourth-order valence-electron chi connectivity index (χ4n) is 2.24. The van der Waals surface area contributed by atoms with Gasteiger partial charge in [0.15, 0.2) is 0 Å². The maximum absolute atomic E-state index is 5.69. The first kappa shape index (κ1) is 14.1. The second-order valence-electron chi connectivity index (χ2n) is 5.03. The van der Waals surface area contributed by atoms with Gasteiger partial charge in [-0.2, -0.15) is 5.10 Å². The van der Waals surface area contributed by atoms with Crippen molar-refractivity contribution in [2.45, 2.75) is 13.5 Å². The number of aryl methyl sites for hydroxylation is 1. The summed E-state index contributed by atoms with van der Waals surface area (Å²) in [5.74, 6) is 1.12. The number of ether oxygens (including phenoxy) is 1. The van der Waals surface area contributed by atoms with Crippen molar-refractivity contribution in [3.8, 4) is 17.0 Å². The van der Waals surface area contributed by atoms with E-state index in [0.717, 1.165) is 28.3 Å². The predicted octanol–water partition coefficient (Wildman–Crippen LogP) is 2.29. The molecule has 2 N–H and O–H groups in total. The molecule has 1 aromatic carbocycles. The van der Waals surface area contributed by atoms with Gasteiger partial charge in [0, 0.05) is 17.5 Å². The van der Waals surface area contributed by atoms with Crippen LogP contribution < -0.4 is 10.5 Å². The normalized spacial score (nSPS) is 10.6. The highest BCUT2D eigenvalue weighted by atomic mass is 16.5. The molecule has 6 heteroatoms. The first-order chi connectivity index (χ1) is 10.6. The molecular weight excluding hydrogens is 278 g/mol. The van der Waals surface area contributed by atoms with Crippen LogP contribution in [-0.2, 0) is 6.54 Å². The van der Waals surface area contributed by atoms with Gasteiger partial charge in [0.05, 0.1) is 25.5 Å². The second-order valence-corrected chi connectivity index (χ2v) is 5.03. The SMILES string of the molecule is COc1ccc(Cn2cc(-c3cc(C)nc(N)n3)cn2)cc1. The molecule has 0 aliphatic rings. The van der Waals surface area contributed by atoms with Gasteiger partial charge < -0.3 is 10.5 Å². The zero-order valence-corrected chi connectivity index (χ0v) is 12.5. The molecule has 0 aliphatic carbocycles.